The quantitative estimate of drug-likeness (QED) is 0.107. The Bertz CT molecular complexity index is 1250. The lowest BCUT2D eigenvalue weighted by molar-refractivity contribution is -0.461. The summed E-state index contributed by atoms with van der Waals surface area (Å²) in [6, 6.07) is 0. The number of halogens is 34. The average Bonchev–Trinajstić information content (AvgIpc) is 2.92. The van der Waals surface area contributed by atoms with Crippen LogP contribution < -0.4 is 0 Å². The van der Waals surface area contributed by atoms with Crippen molar-refractivity contribution in [2.45, 2.75) is 108 Å². The van der Waals surface area contributed by atoms with Crippen LogP contribution in [0.5, 0.6) is 0 Å². The topological polar surface area (TPSA) is 0 Å². The molecule has 0 rings (SSSR count). The van der Waals surface area contributed by atoms with Crippen LogP contribution >= 0.6 is 0 Å². The molecule has 0 atom stereocenters. The van der Waals surface area contributed by atoms with Gasteiger partial charge < -0.3 is 0 Å². The van der Waals surface area contributed by atoms with Crippen LogP contribution in [-0.4, -0.2) is 95.3 Å². The third-order valence-electron chi connectivity index (χ3n) is 6.49. The summed E-state index contributed by atoms with van der Waals surface area (Å²) >= 11 is 0. The lowest BCUT2D eigenvalue weighted by Crippen LogP contribution is -2.74. The van der Waals surface area contributed by atoms with Gasteiger partial charge in [0.15, 0.2) is 0 Å². The zero-order chi connectivity index (χ0) is 44.8. The second kappa shape index (κ2) is 12.9. The number of hydrogen-bond donors (Lipinski definition) is 0. The minimum Gasteiger partial charge on any atom is -0.199 e. The van der Waals surface area contributed by atoms with E-state index in [-0.39, 0.29) is 0 Å². The number of hydrogen-bond acceptors (Lipinski definition) is 0. The highest BCUT2D eigenvalue weighted by Crippen LogP contribution is 2.66. The Morgan fingerprint density at radius 1 is 0.185 bits per heavy atom. The van der Waals surface area contributed by atoms with Gasteiger partial charge in [0.05, 0.1) is 0 Å². The van der Waals surface area contributed by atoms with Crippen molar-refractivity contribution in [1.29, 1.82) is 0 Å². The molecule has 0 unspecified atom stereocenters. The molecule has 0 aromatic heterocycles. The van der Waals surface area contributed by atoms with E-state index in [1.807, 2.05) is 0 Å². The average molecular weight is 892 g/mol. The standard InChI is InChI=1S/C20H6F34/c21-5(22,7(25,26)9(29,30)11(33,34)13(37,38)15(41,42)17(45,46)19(49,50)51)3-1-2-4-6(23,24)8(27,28)10(31,32)12(35,36)14(39,40)16(43,44)18(47,48)20(52,53)54/h1-2H,3-4H2. The summed E-state index contributed by atoms with van der Waals surface area (Å²) in [5.74, 6) is -122. The van der Waals surface area contributed by atoms with Crippen LogP contribution in [0.25, 0.3) is 0 Å². The van der Waals surface area contributed by atoms with Crippen LogP contribution in [0.15, 0.2) is 12.2 Å². The Balaban J connectivity index is 6.76. The Labute approximate surface area is 271 Å². The van der Waals surface area contributed by atoms with Crippen molar-refractivity contribution < 1.29 is 149 Å². The molecule has 0 aliphatic heterocycles. The summed E-state index contributed by atoms with van der Waals surface area (Å²) in [6.45, 7) is 0. The third kappa shape index (κ3) is 6.59. The molecule has 0 bridgehead atoms. The van der Waals surface area contributed by atoms with Gasteiger partial charge in [-0.3, -0.25) is 0 Å². The number of allylic oxidation sites excluding steroid dienone is 2. The first-order chi connectivity index (χ1) is 22.7. The Kier molecular flexibility index (Phi) is 12.3. The van der Waals surface area contributed by atoms with Crippen LogP contribution in [0.4, 0.5) is 149 Å². The van der Waals surface area contributed by atoms with Gasteiger partial charge in [0.25, 0.3) is 0 Å². The van der Waals surface area contributed by atoms with E-state index >= 15 is 0 Å². The molecular weight excluding hydrogens is 886 g/mol. The van der Waals surface area contributed by atoms with E-state index in [4.69, 9.17) is 0 Å². The van der Waals surface area contributed by atoms with Crippen molar-refractivity contribution in [2.24, 2.45) is 0 Å². The van der Waals surface area contributed by atoms with E-state index in [2.05, 4.69) is 0 Å². The lowest BCUT2D eigenvalue weighted by atomic mass is 9.87. The van der Waals surface area contributed by atoms with E-state index in [1.54, 1.807) is 0 Å². The molecule has 0 saturated carbocycles. The molecule has 0 aromatic carbocycles. The van der Waals surface area contributed by atoms with Gasteiger partial charge in [-0.15, -0.1) is 0 Å². The first kappa shape index (κ1) is 51.4. The fourth-order valence-electron chi connectivity index (χ4n) is 3.11. The molecule has 0 nitrogen and oxygen atoms in total. The minimum atomic E-state index is -9.18. The maximum absolute atomic E-state index is 13.7. The van der Waals surface area contributed by atoms with Crippen molar-refractivity contribution in [3.63, 3.8) is 0 Å². The van der Waals surface area contributed by atoms with E-state index in [9.17, 15) is 149 Å². The van der Waals surface area contributed by atoms with E-state index in [0.29, 0.717) is 0 Å². The van der Waals surface area contributed by atoms with Gasteiger partial charge in [-0.25, -0.2) is 0 Å². The Morgan fingerprint density at radius 2 is 0.315 bits per heavy atom. The number of rotatable bonds is 16. The molecule has 0 N–H and O–H groups in total. The van der Waals surface area contributed by atoms with Crippen LogP contribution in [0.3, 0.4) is 0 Å². The predicted octanol–water partition coefficient (Wildman–Crippen LogP) is 12.3. The van der Waals surface area contributed by atoms with Crippen LogP contribution in [0.2, 0.25) is 0 Å². The maximum atomic E-state index is 13.7. The van der Waals surface area contributed by atoms with Gasteiger partial charge in [0, 0.05) is 12.8 Å². The first-order valence-electron chi connectivity index (χ1n) is 11.8. The predicted molar refractivity (Wildman–Crippen MR) is 99.7 cm³/mol. The second-order valence-electron chi connectivity index (χ2n) is 10.2. The van der Waals surface area contributed by atoms with Gasteiger partial charge in [-0.2, -0.15) is 149 Å². The molecule has 0 radical (unpaired) electrons. The SMILES string of the molecule is FC(F)(F)C(F)(F)C(F)(F)C(F)(F)C(F)(F)C(F)(F)C(F)(F)C(F)(F)CC=CCC(F)(F)C(F)(F)C(F)(F)C(F)(F)C(F)(F)C(F)(F)C(F)(F)C(F)(F)F. The molecule has 0 heterocycles. The smallest absolute Gasteiger partial charge is 0.199 e. The first-order valence-corrected chi connectivity index (χ1v) is 11.8. The van der Waals surface area contributed by atoms with E-state index in [0.717, 1.165) is 0 Å². The van der Waals surface area contributed by atoms with E-state index in [1.165, 1.54) is 0 Å². The summed E-state index contributed by atoms with van der Waals surface area (Å²) in [7, 11) is 0. The van der Waals surface area contributed by atoms with Crippen molar-refractivity contribution in [1.82, 2.24) is 0 Å². The molecule has 0 aromatic rings. The van der Waals surface area contributed by atoms with Gasteiger partial charge in [0.1, 0.15) is 0 Å². The van der Waals surface area contributed by atoms with Crippen molar-refractivity contribution in [3.05, 3.63) is 12.2 Å². The van der Waals surface area contributed by atoms with Crippen molar-refractivity contribution >= 4 is 0 Å². The molecule has 0 fully saturated rings. The maximum Gasteiger partial charge on any atom is 0.460 e. The Hall–Kier alpha value is -2.64. The zero-order valence-electron chi connectivity index (χ0n) is 23.4. The monoisotopic (exact) mass is 892 g/mol. The minimum absolute atomic E-state index is 1.60. The summed E-state index contributed by atoms with van der Waals surface area (Å²) in [4.78, 5) is 0. The molecule has 0 amide bonds. The highest BCUT2D eigenvalue weighted by atomic mass is 19.4. The molecule has 0 saturated heterocycles. The van der Waals surface area contributed by atoms with Gasteiger partial charge in [-0.05, 0) is 0 Å². The largest absolute Gasteiger partial charge is 0.460 e. The van der Waals surface area contributed by atoms with E-state index < -0.39 is 120 Å². The highest BCUT2D eigenvalue weighted by Gasteiger charge is 2.96. The van der Waals surface area contributed by atoms with Gasteiger partial charge in [-0.1, -0.05) is 12.2 Å². The summed E-state index contributed by atoms with van der Waals surface area (Å²) in [5.41, 5.74) is 0. The van der Waals surface area contributed by atoms with Crippen LogP contribution in [-0.2, 0) is 0 Å². The van der Waals surface area contributed by atoms with Crippen LogP contribution in [0.1, 0.15) is 12.8 Å². The van der Waals surface area contributed by atoms with Gasteiger partial charge >= 0.3 is 95.3 Å². The van der Waals surface area contributed by atoms with Crippen molar-refractivity contribution in [2.75, 3.05) is 0 Å². The molecular formula is C20H6F34. The molecule has 0 spiro atoms. The number of alkyl halides is 34. The lowest BCUT2D eigenvalue weighted by Gasteiger charge is -2.42. The van der Waals surface area contributed by atoms with Gasteiger partial charge in [0.2, 0.25) is 0 Å². The summed E-state index contributed by atoms with van der Waals surface area (Å²) in [6.07, 6.45) is -27.3. The molecule has 54 heavy (non-hydrogen) atoms. The zero-order valence-corrected chi connectivity index (χ0v) is 23.4. The second-order valence-corrected chi connectivity index (χ2v) is 10.2. The third-order valence-corrected chi connectivity index (χ3v) is 6.49. The Morgan fingerprint density at radius 3 is 0.463 bits per heavy atom. The normalized spacial score (nSPS) is 17.1. The molecule has 34 heteroatoms. The summed E-state index contributed by atoms with van der Waals surface area (Å²) in [5, 5.41) is 0. The summed E-state index contributed by atoms with van der Waals surface area (Å²) < 4.78 is 448. The molecule has 0 aliphatic carbocycles. The fraction of sp³-hybridized carbons (Fsp3) is 0.900. The van der Waals surface area contributed by atoms with Crippen LogP contribution in [0, 0.1) is 0 Å². The van der Waals surface area contributed by atoms with Crippen molar-refractivity contribution in [3.8, 4) is 0 Å². The highest BCUT2D eigenvalue weighted by molar-refractivity contribution is 5.17. The molecule has 0 aliphatic rings. The molecule has 324 valence electrons. The fourth-order valence-corrected chi connectivity index (χ4v) is 3.11.